The minimum absolute atomic E-state index is 0.141. The lowest BCUT2D eigenvalue weighted by molar-refractivity contribution is 0.640. The molecule has 0 aliphatic heterocycles. The average molecular weight is 188 g/mol. The molecule has 0 saturated carbocycles. The van der Waals surface area contributed by atoms with Crippen LogP contribution in [0.2, 0.25) is 0 Å². The van der Waals surface area contributed by atoms with Crippen LogP contribution in [0.4, 0.5) is 4.39 Å². The lowest BCUT2D eigenvalue weighted by Gasteiger charge is -2.06. The Morgan fingerprint density at radius 3 is 2.57 bits per heavy atom. The molecule has 0 N–H and O–H groups in total. The number of hydrogen-bond acceptors (Lipinski definition) is 0. The zero-order valence-corrected chi connectivity index (χ0v) is 8.42. The van der Waals surface area contributed by atoms with Crippen molar-refractivity contribution >= 4 is 10.8 Å². The Morgan fingerprint density at radius 1 is 1.07 bits per heavy atom. The minimum atomic E-state index is -0.141. The summed E-state index contributed by atoms with van der Waals surface area (Å²) in [5, 5.41) is 1.69. The Hall–Kier alpha value is -1.37. The average Bonchev–Trinajstić information content (AvgIpc) is 2.17. The van der Waals surface area contributed by atoms with Crippen molar-refractivity contribution in [1.82, 2.24) is 0 Å². The molecule has 0 bridgehead atoms. The molecule has 72 valence electrons. The van der Waals surface area contributed by atoms with Gasteiger partial charge in [0.1, 0.15) is 5.82 Å². The van der Waals surface area contributed by atoms with Gasteiger partial charge in [-0.25, -0.2) is 4.39 Å². The lowest BCUT2D eigenvalue weighted by Crippen LogP contribution is -1.87. The van der Waals surface area contributed by atoms with Crippen molar-refractivity contribution in [3.05, 3.63) is 47.8 Å². The van der Waals surface area contributed by atoms with E-state index in [4.69, 9.17) is 0 Å². The summed E-state index contributed by atoms with van der Waals surface area (Å²) in [6, 6.07) is 11.1. The highest BCUT2D eigenvalue weighted by Gasteiger charge is 2.03. The third-order valence-corrected chi connectivity index (χ3v) is 2.52. The van der Waals surface area contributed by atoms with Gasteiger partial charge < -0.3 is 0 Å². The molecule has 0 radical (unpaired) electrons. The Labute approximate surface area is 83.4 Å². The summed E-state index contributed by atoms with van der Waals surface area (Å²) in [4.78, 5) is 0. The van der Waals surface area contributed by atoms with Crippen LogP contribution in [-0.2, 0) is 0 Å². The quantitative estimate of drug-likeness (QED) is 0.632. The van der Waals surface area contributed by atoms with Crippen molar-refractivity contribution < 1.29 is 4.39 Å². The van der Waals surface area contributed by atoms with E-state index < -0.39 is 0 Å². The van der Waals surface area contributed by atoms with Crippen LogP contribution in [0.5, 0.6) is 0 Å². The molecule has 0 heterocycles. The van der Waals surface area contributed by atoms with Gasteiger partial charge in [0.15, 0.2) is 0 Å². The summed E-state index contributed by atoms with van der Waals surface area (Å²) < 4.78 is 13.3. The summed E-state index contributed by atoms with van der Waals surface area (Å²) in [7, 11) is 0. The second kappa shape index (κ2) is 3.41. The maximum Gasteiger partial charge on any atom is 0.131 e. The number of hydrogen-bond donors (Lipinski definition) is 0. The van der Waals surface area contributed by atoms with E-state index >= 15 is 0 Å². The van der Waals surface area contributed by atoms with E-state index in [-0.39, 0.29) is 5.82 Å². The first-order valence-electron chi connectivity index (χ1n) is 4.86. The van der Waals surface area contributed by atoms with Gasteiger partial charge in [0.05, 0.1) is 0 Å². The van der Waals surface area contributed by atoms with Gasteiger partial charge in [-0.3, -0.25) is 0 Å². The highest BCUT2D eigenvalue weighted by Crippen LogP contribution is 2.22. The first-order valence-corrected chi connectivity index (χ1v) is 4.86. The number of rotatable bonds is 1. The van der Waals surface area contributed by atoms with E-state index in [0.29, 0.717) is 11.3 Å². The molecule has 0 aromatic heterocycles. The van der Waals surface area contributed by atoms with Crippen LogP contribution in [0.15, 0.2) is 36.4 Å². The molecule has 0 nitrogen and oxygen atoms in total. The van der Waals surface area contributed by atoms with E-state index in [9.17, 15) is 4.39 Å². The fourth-order valence-corrected chi connectivity index (χ4v) is 1.62. The molecule has 14 heavy (non-hydrogen) atoms. The highest BCUT2D eigenvalue weighted by atomic mass is 19.1. The maximum atomic E-state index is 13.3. The third-order valence-electron chi connectivity index (χ3n) is 2.52. The zero-order valence-electron chi connectivity index (χ0n) is 8.42. The molecule has 0 aliphatic carbocycles. The number of fused-ring (bicyclic) bond motifs is 1. The third kappa shape index (κ3) is 1.50. The second-order valence-electron chi connectivity index (χ2n) is 3.88. The summed E-state index contributed by atoms with van der Waals surface area (Å²) in [6.07, 6.45) is 0. The molecule has 2 rings (SSSR count). The lowest BCUT2D eigenvalue weighted by atomic mass is 9.99. The molecule has 0 amide bonds. The standard InChI is InChI=1S/C13H13F/c1-9(2)10-6-7-12-11(8-10)4-3-5-13(12)14/h3-9H,1-2H3. The minimum Gasteiger partial charge on any atom is -0.206 e. The molecule has 0 saturated heterocycles. The Balaban J connectivity index is 2.67. The fourth-order valence-electron chi connectivity index (χ4n) is 1.62. The van der Waals surface area contributed by atoms with Crippen LogP contribution in [0.25, 0.3) is 10.8 Å². The van der Waals surface area contributed by atoms with Gasteiger partial charge in [-0.15, -0.1) is 0 Å². The SMILES string of the molecule is CC(C)c1ccc2c(F)cccc2c1. The van der Waals surface area contributed by atoms with Gasteiger partial charge in [-0.1, -0.05) is 44.2 Å². The number of benzene rings is 2. The predicted molar refractivity (Wildman–Crippen MR) is 58.0 cm³/mol. The normalized spacial score (nSPS) is 11.1. The van der Waals surface area contributed by atoms with Gasteiger partial charge in [0.25, 0.3) is 0 Å². The Morgan fingerprint density at radius 2 is 1.86 bits per heavy atom. The van der Waals surface area contributed by atoms with Gasteiger partial charge in [-0.2, -0.15) is 0 Å². The van der Waals surface area contributed by atoms with Crippen LogP contribution in [-0.4, -0.2) is 0 Å². The Bertz CT molecular complexity index is 458. The first-order chi connectivity index (χ1) is 6.68. The molecular formula is C13H13F. The van der Waals surface area contributed by atoms with E-state index in [1.807, 2.05) is 18.2 Å². The highest BCUT2D eigenvalue weighted by molar-refractivity contribution is 5.83. The molecule has 2 aromatic carbocycles. The van der Waals surface area contributed by atoms with Crippen LogP contribution in [0.1, 0.15) is 25.3 Å². The zero-order chi connectivity index (χ0) is 10.1. The number of halogens is 1. The second-order valence-corrected chi connectivity index (χ2v) is 3.88. The van der Waals surface area contributed by atoms with Gasteiger partial charge >= 0.3 is 0 Å². The summed E-state index contributed by atoms with van der Waals surface area (Å²) >= 11 is 0. The largest absolute Gasteiger partial charge is 0.206 e. The van der Waals surface area contributed by atoms with Crippen molar-refractivity contribution in [3.8, 4) is 0 Å². The van der Waals surface area contributed by atoms with E-state index in [0.717, 1.165) is 5.39 Å². The molecule has 0 atom stereocenters. The topological polar surface area (TPSA) is 0 Å². The van der Waals surface area contributed by atoms with Crippen LogP contribution in [0, 0.1) is 5.82 Å². The van der Waals surface area contributed by atoms with Crippen molar-refractivity contribution in [2.45, 2.75) is 19.8 Å². The van der Waals surface area contributed by atoms with Gasteiger partial charge in [0.2, 0.25) is 0 Å². The fraction of sp³-hybridized carbons (Fsp3) is 0.231. The van der Waals surface area contributed by atoms with Gasteiger partial charge in [0, 0.05) is 5.39 Å². The summed E-state index contributed by atoms with van der Waals surface area (Å²) in [6.45, 7) is 4.28. The molecule has 0 spiro atoms. The van der Waals surface area contributed by atoms with E-state index in [1.54, 1.807) is 6.07 Å². The monoisotopic (exact) mass is 188 g/mol. The van der Waals surface area contributed by atoms with Crippen molar-refractivity contribution in [3.63, 3.8) is 0 Å². The molecule has 0 unspecified atom stereocenters. The predicted octanol–water partition coefficient (Wildman–Crippen LogP) is 4.10. The van der Waals surface area contributed by atoms with Crippen molar-refractivity contribution in [1.29, 1.82) is 0 Å². The van der Waals surface area contributed by atoms with Crippen LogP contribution in [0.3, 0.4) is 0 Å². The molecule has 1 heteroatoms. The molecular weight excluding hydrogens is 175 g/mol. The van der Waals surface area contributed by atoms with Gasteiger partial charge in [-0.05, 0) is 22.9 Å². The van der Waals surface area contributed by atoms with E-state index in [1.165, 1.54) is 11.6 Å². The molecule has 2 aromatic rings. The molecule has 0 aliphatic rings. The smallest absolute Gasteiger partial charge is 0.131 e. The molecule has 0 fully saturated rings. The summed E-state index contributed by atoms with van der Waals surface area (Å²) in [5.74, 6) is 0.348. The van der Waals surface area contributed by atoms with Crippen molar-refractivity contribution in [2.24, 2.45) is 0 Å². The maximum absolute atomic E-state index is 13.3. The van der Waals surface area contributed by atoms with Crippen LogP contribution >= 0.6 is 0 Å². The first kappa shape index (κ1) is 9.20. The van der Waals surface area contributed by atoms with Crippen LogP contribution < -0.4 is 0 Å². The van der Waals surface area contributed by atoms with Crippen molar-refractivity contribution in [2.75, 3.05) is 0 Å². The summed E-state index contributed by atoms with van der Waals surface area (Å²) in [5.41, 5.74) is 1.25. The Kier molecular flexibility index (Phi) is 2.24. The van der Waals surface area contributed by atoms with E-state index in [2.05, 4.69) is 19.9 Å².